The number of amides is 2. The van der Waals surface area contributed by atoms with Gasteiger partial charge in [0.1, 0.15) is 0 Å². The number of aromatic nitrogens is 1. The molecule has 0 unspecified atom stereocenters. The van der Waals surface area contributed by atoms with E-state index < -0.39 is 11.7 Å². The Balaban J connectivity index is 1.48. The average Bonchev–Trinajstić information content (AvgIpc) is 3.29. The van der Waals surface area contributed by atoms with Crippen molar-refractivity contribution >= 4 is 33.9 Å². The molecule has 0 aliphatic carbocycles. The summed E-state index contributed by atoms with van der Waals surface area (Å²) in [5, 5.41) is 5.58. The molecule has 3 heterocycles. The number of piperazine rings is 1. The summed E-state index contributed by atoms with van der Waals surface area (Å²) in [6, 6.07) is 3.25. The summed E-state index contributed by atoms with van der Waals surface area (Å²) in [6.45, 7) is 3.82. The zero-order valence-electron chi connectivity index (χ0n) is 16.5. The van der Waals surface area contributed by atoms with Crippen LogP contribution >= 0.6 is 11.3 Å². The second-order valence-corrected chi connectivity index (χ2v) is 8.37. The molecule has 2 fully saturated rings. The fourth-order valence-electron chi connectivity index (χ4n) is 3.89. The van der Waals surface area contributed by atoms with Gasteiger partial charge >= 0.3 is 12.2 Å². The van der Waals surface area contributed by atoms with Crippen molar-refractivity contribution in [3.05, 3.63) is 35.3 Å². The summed E-state index contributed by atoms with van der Waals surface area (Å²) in [7, 11) is 0. The van der Waals surface area contributed by atoms with Gasteiger partial charge in [0.25, 0.3) is 0 Å². The normalized spacial score (nSPS) is 17.9. The highest BCUT2D eigenvalue weighted by atomic mass is 32.1. The monoisotopic (exact) mass is 439 g/mol. The van der Waals surface area contributed by atoms with Gasteiger partial charge in [0.2, 0.25) is 0 Å². The maximum Gasteiger partial charge on any atom is 0.416 e. The molecule has 2 aliphatic heterocycles. The van der Waals surface area contributed by atoms with Crippen molar-refractivity contribution in [1.29, 1.82) is 0 Å². The highest BCUT2D eigenvalue weighted by Gasteiger charge is 2.32. The van der Waals surface area contributed by atoms with Gasteiger partial charge in [-0.25, -0.2) is 9.78 Å². The molecule has 30 heavy (non-hydrogen) atoms. The standard InChI is InChI=1S/C20H24F3N5OS/c21-20(22,23)15-4-5-17(26-7-2-1-3-8-26)16(14-15)25-18(29)27-9-11-28(12-10-27)19-24-6-13-30-19/h4-6,13-14H,1-3,7-12H2,(H,25,29). The summed E-state index contributed by atoms with van der Waals surface area (Å²) >= 11 is 1.55. The lowest BCUT2D eigenvalue weighted by Crippen LogP contribution is -2.50. The van der Waals surface area contributed by atoms with Gasteiger partial charge in [0, 0.05) is 50.8 Å². The summed E-state index contributed by atoms with van der Waals surface area (Å²) in [6.07, 6.45) is 0.385. The van der Waals surface area contributed by atoms with Crippen molar-refractivity contribution in [2.24, 2.45) is 0 Å². The summed E-state index contributed by atoms with van der Waals surface area (Å²) in [5.74, 6) is 0. The minimum atomic E-state index is -4.46. The molecule has 0 bridgehead atoms. The van der Waals surface area contributed by atoms with E-state index in [1.165, 1.54) is 6.07 Å². The number of carbonyl (C=O) groups is 1. The Kier molecular flexibility index (Phi) is 6.03. The molecular weight excluding hydrogens is 415 g/mol. The third kappa shape index (κ3) is 4.63. The maximum atomic E-state index is 13.3. The molecule has 1 aromatic heterocycles. The van der Waals surface area contributed by atoms with E-state index in [9.17, 15) is 18.0 Å². The lowest BCUT2D eigenvalue weighted by molar-refractivity contribution is -0.137. The van der Waals surface area contributed by atoms with Gasteiger partial charge in [0.05, 0.1) is 16.9 Å². The number of rotatable bonds is 3. The molecule has 2 saturated heterocycles. The fourth-order valence-corrected chi connectivity index (χ4v) is 4.59. The SMILES string of the molecule is O=C(Nc1cc(C(F)(F)F)ccc1N1CCCCC1)N1CCN(c2nccs2)CC1. The van der Waals surface area contributed by atoms with Crippen molar-refractivity contribution in [3.63, 3.8) is 0 Å². The Hall–Kier alpha value is -2.49. The van der Waals surface area contributed by atoms with Crippen LogP contribution in [0.2, 0.25) is 0 Å². The van der Waals surface area contributed by atoms with Crippen LogP contribution in [0.15, 0.2) is 29.8 Å². The molecule has 6 nitrogen and oxygen atoms in total. The predicted molar refractivity (Wildman–Crippen MR) is 112 cm³/mol. The number of nitrogens with one attached hydrogen (secondary N) is 1. The third-order valence-electron chi connectivity index (χ3n) is 5.52. The lowest BCUT2D eigenvalue weighted by atomic mass is 10.1. The maximum absolute atomic E-state index is 13.3. The zero-order valence-corrected chi connectivity index (χ0v) is 17.3. The topological polar surface area (TPSA) is 51.7 Å². The van der Waals surface area contributed by atoms with Gasteiger partial charge in [-0.05, 0) is 37.5 Å². The Morgan fingerprint density at radius 3 is 2.37 bits per heavy atom. The van der Waals surface area contributed by atoms with Crippen molar-refractivity contribution < 1.29 is 18.0 Å². The van der Waals surface area contributed by atoms with Crippen LogP contribution in [0.1, 0.15) is 24.8 Å². The van der Waals surface area contributed by atoms with E-state index in [1.54, 1.807) is 22.4 Å². The molecule has 2 aliphatic rings. The molecule has 1 N–H and O–H groups in total. The first-order valence-corrected chi connectivity index (χ1v) is 11.0. The number of halogens is 3. The number of piperidine rings is 1. The first kappa shape index (κ1) is 20.8. The van der Waals surface area contributed by atoms with Crippen LogP contribution in [0.4, 0.5) is 34.5 Å². The van der Waals surface area contributed by atoms with Gasteiger partial charge in [-0.1, -0.05) is 0 Å². The largest absolute Gasteiger partial charge is 0.416 e. The lowest BCUT2D eigenvalue weighted by Gasteiger charge is -2.35. The molecule has 0 saturated carbocycles. The number of benzene rings is 1. The van der Waals surface area contributed by atoms with E-state index in [0.717, 1.165) is 49.6 Å². The Morgan fingerprint density at radius 1 is 1.00 bits per heavy atom. The number of thiazole rings is 1. The molecule has 0 atom stereocenters. The van der Waals surface area contributed by atoms with E-state index in [0.29, 0.717) is 31.9 Å². The van der Waals surface area contributed by atoms with Crippen LogP contribution in [0.3, 0.4) is 0 Å². The van der Waals surface area contributed by atoms with E-state index in [4.69, 9.17) is 0 Å². The first-order valence-electron chi connectivity index (χ1n) is 10.1. The number of carbonyl (C=O) groups excluding carboxylic acids is 1. The van der Waals surface area contributed by atoms with Gasteiger partial charge in [0.15, 0.2) is 5.13 Å². The molecule has 2 aromatic rings. The van der Waals surface area contributed by atoms with Crippen LogP contribution in [0, 0.1) is 0 Å². The minimum absolute atomic E-state index is 0.221. The fraction of sp³-hybridized carbons (Fsp3) is 0.500. The smallest absolute Gasteiger partial charge is 0.370 e. The highest BCUT2D eigenvalue weighted by molar-refractivity contribution is 7.13. The van der Waals surface area contributed by atoms with Crippen LogP contribution in [0.5, 0.6) is 0 Å². The van der Waals surface area contributed by atoms with Gasteiger partial charge < -0.3 is 20.0 Å². The Morgan fingerprint density at radius 2 is 1.73 bits per heavy atom. The molecule has 4 rings (SSSR count). The average molecular weight is 440 g/mol. The number of hydrogen-bond acceptors (Lipinski definition) is 5. The molecule has 0 radical (unpaired) electrons. The van der Waals surface area contributed by atoms with E-state index >= 15 is 0 Å². The summed E-state index contributed by atoms with van der Waals surface area (Å²) in [5.41, 5.74) is 0.115. The molecule has 2 amide bonds. The first-order chi connectivity index (χ1) is 14.4. The Labute approximate surface area is 177 Å². The Bertz CT molecular complexity index is 860. The van der Waals surface area contributed by atoms with Crippen LogP contribution in [0.25, 0.3) is 0 Å². The van der Waals surface area contributed by atoms with Gasteiger partial charge in [-0.15, -0.1) is 11.3 Å². The van der Waals surface area contributed by atoms with Crippen molar-refractivity contribution in [1.82, 2.24) is 9.88 Å². The zero-order chi connectivity index (χ0) is 21.1. The van der Waals surface area contributed by atoms with Crippen LogP contribution in [-0.4, -0.2) is 55.2 Å². The van der Waals surface area contributed by atoms with Gasteiger partial charge in [-0.3, -0.25) is 0 Å². The van der Waals surface area contributed by atoms with Crippen LogP contribution < -0.4 is 15.1 Å². The van der Waals surface area contributed by atoms with Crippen molar-refractivity contribution in [2.45, 2.75) is 25.4 Å². The molecule has 0 spiro atoms. The second kappa shape index (κ2) is 8.71. The molecule has 10 heteroatoms. The summed E-state index contributed by atoms with van der Waals surface area (Å²) in [4.78, 5) is 22.9. The van der Waals surface area contributed by atoms with E-state index in [1.807, 2.05) is 5.38 Å². The minimum Gasteiger partial charge on any atom is -0.370 e. The van der Waals surface area contributed by atoms with Crippen LogP contribution in [-0.2, 0) is 6.18 Å². The van der Waals surface area contributed by atoms with Crippen molar-refractivity contribution in [3.8, 4) is 0 Å². The second-order valence-electron chi connectivity index (χ2n) is 7.50. The van der Waals surface area contributed by atoms with Gasteiger partial charge in [-0.2, -0.15) is 13.2 Å². The number of alkyl halides is 3. The molecule has 1 aromatic carbocycles. The number of nitrogens with zero attached hydrogens (tertiary/aromatic N) is 4. The van der Waals surface area contributed by atoms with E-state index in [-0.39, 0.29) is 11.7 Å². The van der Waals surface area contributed by atoms with E-state index in [2.05, 4.69) is 20.1 Å². The third-order valence-corrected chi connectivity index (χ3v) is 6.35. The number of hydrogen-bond donors (Lipinski definition) is 1. The highest BCUT2D eigenvalue weighted by Crippen LogP contribution is 2.36. The predicted octanol–water partition coefficient (Wildman–Crippen LogP) is 4.51. The molecular formula is C20H24F3N5OS. The number of anilines is 3. The van der Waals surface area contributed by atoms with Crippen molar-refractivity contribution in [2.75, 3.05) is 54.4 Å². The summed E-state index contributed by atoms with van der Waals surface area (Å²) < 4.78 is 39.8. The molecule has 162 valence electrons. The number of urea groups is 1. The quantitative estimate of drug-likeness (QED) is 0.765.